The van der Waals surface area contributed by atoms with Crippen LogP contribution in [-0.2, 0) is 23.9 Å². The molecule has 1 spiro atoms. The van der Waals surface area contributed by atoms with Crippen LogP contribution in [-0.4, -0.2) is 76.7 Å². The van der Waals surface area contributed by atoms with E-state index in [-0.39, 0.29) is 42.9 Å². The molecule has 0 saturated carbocycles. The second-order valence-electron chi connectivity index (χ2n) is 10.0. The van der Waals surface area contributed by atoms with Crippen LogP contribution in [0.1, 0.15) is 30.4 Å². The van der Waals surface area contributed by atoms with E-state index in [0.717, 1.165) is 16.8 Å². The third kappa shape index (κ3) is 4.66. The first kappa shape index (κ1) is 27.5. The number of β-amino-alcohol motifs (C(OH)–C–C–N with tert-alkyl or cyclic N) is 1. The summed E-state index contributed by atoms with van der Waals surface area (Å²) in [5, 5.41) is 9.82. The van der Waals surface area contributed by atoms with Crippen LogP contribution in [0.4, 0.5) is 5.69 Å². The molecule has 1 aromatic carbocycles. The molecular formula is C28H35BrN2O6. The van der Waals surface area contributed by atoms with E-state index < -0.39 is 35.6 Å². The average molecular weight is 576 g/mol. The van der Waals surface area contributed by atoms with Crippen LogP contribution in [0.25, 0.3) is 0 Å². The number of unbranched alkanes of at least 4 members (excludes halogenated alkanes) is 1. The Morgan fingerprint density at radius 1 is 1.32 bits per heavy atom. The fourth-order valence-electron chi connectivity index (χ4n) is 6.12. The topological polar surface area (TPSA) is 96.4 Å². The number of aliphatic hydroxyl groups excluding tert-OH is 1. The summed E-state index contributed by atoms with van der Waals surface area (Å²) in [5.41, 5.74) is 1.42. The summed E-state index contributed by atoms with van der Waals surface area (Å²) in [6.45, 7) is 11.5. The molecule has 6 atom stereocenters. The Morgan fingerprint density at radius 3 is 2.76 bits per heavy atom. The lowest BCUT2D eigenvalue weighted by Gasteiger charge is -2.37. The molecule has 0 aliphatic carbocycles. The Balaban J connectivity index is 1.73. The number of likely N-dealkylation sites (tertiary alicyclic amines) is 1. The zero-order valence-electron chi connectivity index (χ0n) is 21.4. The first-order chi connectivity index (χ1) is 17.7. The number of benzene rings is 1. The van der Waals surface area contributed by atoms with Gasteiger partial charge in [0.15, 0.2) is 0 Å². The third-order valence-electron chi connectivity index (χ3n) is 7.67. The molecule has 3 saturated heterocycles. The Bertz CT molecular complexity index is 1090. The summed E-state index contributed by atoms with van der Waals surface area (Å²) in [7, 11) is 0. The van der Waals surface area contributed by atoms with E-state index in [4.69, 9.17) is 9.47 Å². The molecule has 2 bridgehead atoms. The van der Waals surface area contributed by atoms with E-state index in [2.05, 4.69) is 29.1 Å². The lowest BCUT2D eigenvalue weighted by molar-refractivity contribution is -0.155. The number of aryl methyl sites for hydroxylation is 2. The van der Waals surface area contributed by atoms with Crippen molar-refractivity contribution in [3.05, 3.63) is 54.6 Å². The normalized spacial score (nSPS) is 29.8. The number of carbonyl (C=O) groups excluding carboxylic acids is 3. The summed E-state index contributed by atoms with van der Waals surface area (Å²) in [6.07, 6.45) is 4.56. The van der Waals surface area contributed by atoms with Crippen LogP contribution < -0.4 is 4.90 Å². The molecule has 3 aliphatic heterocycles. The van der Waals surface area contributed by atoms with Gasteiger partial charge in [0.05, 0.1) is 31.2 Å². The lowest BCUT2D eigenvalue weighted by Crippen LogP contribution is -2.57. The minimum absolute atomic E-state index is 0.0374. The number of ether oxygens (including phenoxy) is 2. The molecule has 200 valence electrons. The number of hydrogen-bond acceptors (Lipinski definition) is 6. The van der Waals surface area contributed by atoms with Crippen molar-refractivity contribution < 1.29 is 29.0 Å². The third-order valence-corrected chi connectivity index (χ3v) is 8.51. The molecule has 3 heterocycles. The van der Waals surface area contributed by atoms with Gasteiger partial charge in [0.25, 0.3) is 5.91 Å². The van der Waals surface area contributed by atoms with E-state index in [0.29, 0.717) is 19.3 Å². The van der Waals surface area contributed by atoms with Crippen LogP contribution in [0.3, 0.4) is 0 Å². The van der Waals surface area contributed by atoms with Gasteiger partial charge < -0.3 is 24.4 Å². The first-order valence-electron chi connectivity index (χ1n) is 12.7. The maximum absolute atomic E-state index is 14.4. The highest BCUT2D eigenvalue weighted by atomic mass is 79.9. The zero-order valence-corrected chi connectivity index (χ0v) is 23.0. The van der Waals surface area contributed by atoms with Crippen molar-refractivity contribution in [3.8, 4) is 0 Å². The van der Waals surface area contributed by atoms with E-state index >= 15 is 0 Å². The number of allylic oxidation sites excluding steroid dienone is 1. The van der Waals surface area contributed by atoms with E-state index in [1.54, 1.807) is 17.1 Å². The predicted molar refractivity (Wildman–Crippen MR) is 143 cm³/mol. The summed E-state index contributed by atoms with van der Waals surface area (Å²) in [6, 6.07) is 4.86. The van der Waals surface area contributed by atoms with Gasteiger partial charge in [-0.3, -0.25) is 14.4 Å². The van der Waals surface area contributed by atoms with Gasteiger partial charge in [-0.05, 0) is 50.3 Å². The molecule has 37 heavy (non-hydrogen) atoms. The smallest absolute Gasteiger partial charge is 0.312 e. The van der Waals surface area contributed by atoms with Crippen LogP contribution in [0, 0.1) is 25.7 Å². The van der Waals surface area contributed by atoms with Gasteiger partial charge in [0.1, 0.15) is 11.6 Å². The number of alkyl halides is 1. The largest absolute Gasteiger partial charge is 0.465 e. The number of nitrogens with zero attached hydrogens (tertiary/aromatic N) is 2. The number of anilines is 1. The van der Waals surface area contributed by atoms with Crippen molar-refractivity contribution in [2.45, 2.75) is 55.7 Å². The van der Waals surface area contributed by atoms with Crippen molar-refractivity contribution in [2.24, 2.45) is 11.8 Å². The molecule has 0 aromatic heterocycles. The summed E-state index contributed by atoms with van der Waals surface area (Å²) in [5.74, 6) is -2.86. The number of rotatable bonds is 11. The number of carbonyl (C=O) groups is 3. The fraction of sp³-hybridized carbons (Fsp3) is 0.536. The van der Waals surface area contributed by atoms with Gasteiger partial charge in [-0.1, -0.05) is 40.2 Å². The molecule has 4 rings (SSSR count). The minimum Gasteiger partial charge on any atom is -0.465 e. The number of halogens is 1. The van der Waals surface area contributed by atoms with E-state index in [1.807, 2.05) is 32.0 Å². The van der Waals surface area contributed by atoms with Crippen LogP contribution >= 0.6 is 15.9 Å². The van der Waals surface area contributed by atoms with Crippen LogP contribution in [0.5, 0.6) is 0 Å². The van der Waals surface area contributed by atoms with Crippen LogP contribution in [0.15, 0.2) is 43.5 Å². The fourth-order valence-corrected chi connectivity index (χ4v) is 7.06. The maximum atomic E-state index is 14.4. The molecule has 3 fully saturated rings. The predicted octanol–water partition coefficient (Wildman–Crippen LogP) is 3.07. The summed E-state index contributed by atoms with van der Waals surface area (Å²) in [4.78, 5) is 44.2. The van der Waals surface area contributed by atoms with Gasteiger partial charge in [-0.25, -0.2) is 0 Å². The van der Waals surface area contributed by atoms with Gasteiger partial charge in [0.2, 0.25) is 5.91 Å². The molecule has 3 aliphatic rings. The monoisotopic (exact) mass is 574 g/mol. The van der Waals surface area contributed by atoms with Crippen molar-refractivity contribution in [1.82, 2.24) is 4.90 Å². The average Bonchev–Trinajstić information content (AvgIpc) is 3.45. The zero-order chi connectivity index (χ0) is 26.9. The first-order valence-corrected chi connectivity index (χ1v) is 13.6. The number of fused-ring (bicyclic) bond motifs is 1. The van der Waals surface area contributed by atoms with Crippen molar-refractivity contribution in [3.63, 3.8) is 0 Å². The van der Waals surface area contributed by atoms with E-state index in [9.17, 15) is 19.5 Å². The summed E-state index contributed by atoms with van der Waals surface area (Å²) < 4.78 is 12.0. The van der Waals surface area contributed by atoms with E-state index in [1.165, 1.54) is 4.90 Å². The molecule has 3 unspecified atom stereocenters. The summed E-state index contributed by atoms with van der Waals surface area (Å²) >= 11 is 3.65. The minimum atomic E-state index is -1.20. The highest BCUT2D eigenvalue weighted by Crippen LogP contribution is 2.60. The van der Waals surface area contributed by atoms with Gasteiger partial charge >= 0.3 is 5.97 Å². The second-order valence-corrected chi connectivity index (χ2v) is 11.2. The Hall–Kier alpha value is -2.49. The molecule has 1 N–H and O–H groups in total. The molecule has 9 heteroatoms. The Labute approximate surface area is 226 Å². The van der Waals surface area contributed by atoms with Crippen LogP contribution in [0.2, 0.25) is 0 Å². The lowest BCUT2D eigenvalue weighted by atomic mass is 9.70. The number of aliphatic hydroxyl groups is 1. The Kier molecular flexibility index (Phi) is 8.26. The molecule has 1 aromatic rings. The second kappa shape index (κ2) is 11.1. The maximum Gasteiger partial charge on any atom is 0.312 e. The van der Waals surface area contributed by atoms with Crippen molar-refractivity contribution in [2.75, 3.05) is 31.2 Å². The number of hydrogen-bond donors (Lipinski definition) is 1. The highest BCUT2D eigenvalue weighted by molar-refractivity contribution is 9.09. The molecule has 2 amide bonds. The quantitative estimate of drug-likeness (QED) is 0.189. The van der Waals surface area contributed by atoms with Crippen molar-refractivity contribution >= 4 is 39.4 Å². The van der Waals surface area contributed by atoms with Gasteiger partial charge in [0, 0.05) is 23.6 Å². The molecular weight excluding hydrogens is 540 g/mol. The van der Waals surface area contributed by atoms with Crippen molar-refractivity contribution in [1.29, 1.82) is 0 Å². The van der Waals surface area contributed by atoms with Gasteiger partial charge in [-0.2, -0.15) is 0 Å². The standard InChI is InChI=1S/C28H35BrN2O6/c1-5-7-8-14-36-27(35)21-22-25(33)31(12-13-32)24(28(22)16-19(29)23(21)37-28)26(34)30(11-6-2)20-15-17(3)9-10-18(20)4/h5-6,9-10,15,19,21-24,32H,1-2,7-8,11-14,16H2,3-4H3/t19?,21-,22+,23-,24?,28?/m1/s1. The number of amides is 2. The van der Waals surface area contributed by atoms with Gasteiger partial charge in [-0.15, -0.1) is 13.2 Å². The highest BCUT2D eigenvalue weighted by Gasteiger charge is 2.77. The molecule has 8 nitrogen and oxygen atoms in total. The Morgan fingerprint density at radius 2 is 2.08 bits per heavy atom. The SMILES string of the molecule is C=CCCCOC(=O)[C@H]1[C@@H]2OC3(CC2Br)C(C(=O)N(CC=C)c2cc(C)ccc2C)N(CCO)C(=O)[C@H]13. The molecule has 0 radical (unpaired) electrons. The number of esters is 1.